The molecule has 0 radical (unpaired) electrons. The summed E-state index contributed by atoms with van der Waals surface area (Å²) in [5, 5.41) is 0. The quantitative estimate of drug-likeness (QED) is 0.924. The van der Waals surface area contributed by atoms with E-state index in [2.05, 4.69) is 15.9 Å². The second-order valence-corrected chi connectivity index (χ2v) is 4.92. The van der Waals surface area contributed by atoms with Crippen molar-refractivity contribution in [2.45, 2.75) is 13.0 Å². The van der Waals surface area contributed by atoms with Crippen LogP contribution in [-0.2, 0) is 13.0 Å². The molecule has 17 heavy (non-hydrogen) atoms. The maximum absolute atomic E-state index is 13.2. The summed E-state index contributed by atoms with van der Waals surface area (Å²) in [6, 6.07) is 6.97. The molecule has 0 aliphatic rings. The first-order valence-corrected chi connectivity index (χ1v) is 6.26. The van der Waals surface area contributed by atoms with Crippen molar-refractivity contribution >= 4 is 15.9 Å². The fourth-order valence-corrected chi connectivity index (χ4v) is 2.33. The van der Waals surface area contributed by atoms with Crippen molar-refractivity contribution in [1.29, 1.82) is 0 Å². The van der Waals surface area contributed by atoms with E-state index in [9.17, 15) is 4.39 Å². The van der Waals surface area contributed by atoms with Gasteiger partial charge in [-0.05, 0) is 48.4 Å². The smallest absolute Gasteiger partial charge is 0.124 e. The van der Waals surface area contributed by atoms with Crippen LogP contribution in [0.25, 0.3) is 0 Å². The van der Waals surface area contributed by atoms with Crippen molar-refractivity contribution < 1.29 is 4.39 Å². The van der Waals surface area contributed by atoms with Crippen LogP contribution in [-0.4, -0.2) is 11.1 Å². The number of hydrogen-bond acceptors (Lipinski definition) is 1. The van der Waals surface area contributed by atoms with Crippen LogP contribution in [0.15, 0.2) is 41.1 Å². The molecule has 0 fully saturated rings. The van der Waals surface area contributed by atoms with Crippen LogP contribution >= 0.6 is 15.9 Å². The predicted molar refractivity (Wildman–Crippen MR) is 70.4 cm³/mol. The lowest BCUT2D eigenvalue weighted by molar-refractivity contribution is 0.622. The number of nitrogens with zero attached hydrogens (tertiary/aromatic N) is 1. The average molecular weight is 297 g/mol. The van der Waals surface area contributed by atoms with Crippen LogP contribution in [0.2, 0.25) is 0 Å². The molecule has 2 rings (SSSR count). The first-order valence-electron chi connectivity index (χ1n) is 5.47. The van der Waals surface area contributed by atoms with Gasteiger partial charge in [0.2, 0.25) is 0 Å². The van der Waals surface area contributed by atoms with E-state index in [1.807, 2.05) is 29.1 Å². The third kappa shape index (κ3) is 3.41. The van der Waals surface area contributed by atoms with Gasteiger partial charge in [0.05, 0.1) is 0 Å². The third-order valence-corrected chi connectivity index (χ3v) is 2.99. The topological polar surface area (TPSA) is 30.9 Å². The molecular weight excluding hydrogens is 283 g/mol. The summed E-state index contributed by atoms with van der Waals surface area (Å²) in [4.78, 5) is 0. The molecule has 0 saturated carbocycles. The molecule has 0 unspecified atom stereocenters. The zero-order valence-corrected chi connectivity index (χ0v) is 11.0. The number of rotatable bonds is 4. The highest BCUT2D eigenvalue weighted by atomic mass is 79.9. The van der Waals surface area contributed by atoms with Crippen LogP contribution in [0, 0.1) is 5.82 Å². The lowest BCUT2D eigenvalue weighted by atomic mass is 10.2. The van der Waals surface area contributed by atoms with E-state index in [-0.39, 0.29) is 5.82 Å². The molecule has 0 amide bonds. The lowest BCUT2D eigenvalue weighted by Crippen LogP contribution is -2.02. The second kappa shape index (κ2) is 5.47. The number of hydrogen-bond donors (Lipinski definition) is 1. The van der Waals surface area contributed by atoms with Crippen LogP contribution in [0.5, 0.6) is 0 Å². The van der Waals surface area contributed by atoms with Gasteiger partial charge >= 0.3 is 0 Å². The van der Waals surface area contributed by atoms with Gasteiger partial charge in [0, 0.05) is 23.4 Å². The predicted octanol–water partition coefficient (Wildman–Crippen LogP) is 2.94. The molecule has 0 bridgehead atoms. The van der Waals surface area contributed by atoms with Gasteiger partial charge < -0.3 is 10.3 Å². The first kappa shape index (κ1) is 12.3. The summed E-state index contributed by atoms with van der Waals surface area (Å²) >= 11 is 3.29. The Kier molecular flexibility index (Phi) is 3.97. The summed E-state index contributed by atoms with van der Waals surface area (Å²) < 4.78 is 16.0. The molecule has 90 valence electrons. The fourth-order valence-electron chi connectivity index (χ4n) is 1.82. The zero-order valence-electron chi connectivity index (χ0n) is 9.37. The van der Waals surface area contributed by atoms with Gasteiger partial charge in [-0.1, -0.05) is 15.9 Å². The van der Waals surface area contributed by atoms with Crippen molar-refractivity contribution in [1.82, 2.24) is 4.57 Å². The van der Waals surface area contributed by atoms with Gasteiger partial charge in [-0.15, -0.1) is 0 Å². The standard InChI is InChI=1S/C13H14BrFN2/c14-12-5-11(6-13(15)7-12)9-17-4-2-10(8-17)1-3-16/h2,4-8H,1,3,9,16H2. The van der Waals surface area contributed by atoms with Gasteiger partial charge in [-0.3, -0.25) is 0 Å². The maximum Gasteiger partial charge on any atom is 0.124 e. The van der Waals surface area contributed by atoms with E-state index < -0.39 is 0 Å². The van der Waals surface area contributed by atoms with Crippen molar-refractivity contribution in [2.75, 3.05) is 6.54 Å². The van der Waals surface area contributed by atoms with Gasteiger partial charge in [0.15, 0.2) is 0 Å². The Bertz CT molecular complexity index is 488. The lowest BCUT2D eigenvalue weighted by Gasteiger charge is -2.04. The van der Waals surface area contributed by atoms with E-state index in [0.717, 1.165) is 16.5 Å². The minimum atomic E-state index is -0.219. The highest BCUT2D eigenvalue weighted by Crippen LogP contribution is 2.16. The molecule has 0 aliphatic carbocycles. The fraction of sp³-hybridized carbons (Fsp3) is 0.231. The van der Waals surface area contributed by atoms with Crippen molar-refractivity contribution in [3.63, 3.8) is 0 Å². The van der Waals surface area contributed by atoms with E-state index in [0.29, 0.717) is 13.1 Å². The highest BCUT2D eigenvalue weighted by Gasteiger charge is 2.01. The van der Waals surface area contributed by atoms with E-state index in [1.165, 1.54) is 11.6 Å². The monoisotopic (exact) mass is 296 g/mol. The number of benzene rings is 1. The summed E-state index contributed by atoms with van der Waals surface area (Å²) in [5.74, 6) is -0.219. The molecule has 1 aromatic carbocycles. The van der Waals surface area contributed by atoms with Crippen molar-refractivity contribution in [2.24, 2.45) is 5.73 Å². The molecule has 4 heteroatoms. The molecule has 0 atom stereocenters. The van der Waals surface area contributed by atoms with Crippen LogP contribution in [0.3, 0.4) is 0 Å². The van der Waals surface area contributed by atoms with Gasteiger partial charge in [-0.25, -0.2) is 4.39 Å². The Morgan fingerprint density at radius 3 is 2.76 bits per heavy atom. The van der Waals surface area contributed by atoms with Crippen LogP contribution in [0.1, 0.15) is 11.1 Å². The summed E-state index contributed by atoms with van der Waals surface area (Å²) in [7, 11) is 0. The number of aromatic nitrogens is 1. The van der Waals surface area contributed by atoms with Crippen molar-refractivity contribution in [3.8, 4) is 0 Å². The molecule has 0 aliphatic heterocycles. The van der Waals surface area contributed by atoms with Gasteiger partial charge in [0.1, 0.15) is 5.82 Å². The molecule has 1 heterocycles. The minimum Gasteiger partial charge on any atom is -0.350 e. The average Bonchev–Trinajstić information content (AvgIpc) is 2.64. The summed E-state index contributed by atoms with van der Waals surface area (Å²) in [5.41, 5.74) is 7.64. The van der Waals surface area contributed by atoms with Gasteiger partial charge in [-0.2, -0.15) is 0 Å². The largest absolute Gasteiger partial charge is 0.350 e. The van der Waals surface area contributed by atoms with Gasteiger partial charge in [0.25, 0.3) is 0 Å². The number of nitrogens with two attached hydrogens (primary N) is 1. The third-order valence-electron chi connectivity index (χ3n) is 2.53. The second-order valence-electron chi connectivity index (χ2n) is 4.01. The Labute approximate surface area is 108 Å². The first-order chi connectivity index (χ1) is 8.17. The molecule has 2 nitrogen and oxygen atoms in total. The Balaban J connectivity index is 2.13. The van der Waals surface area contributed by atoms with E-state index in [1.54, 1.807) is 6.07 Å². The Morgan fingerprint density at radius 2 is 2.06 bits per heavy atom. The highest BCUT2D eigenvalue weighted by molar-refractivity contribution is 9.10. The molecule has 0 spiro atoms. The summed E-state index contributed by atoms with van der Waals surface area (Å²) in [6.45, 7) is 1.32. The zero-order chi connectivity index (χ0) is 12.3. The normalized spacial score (nSPS) is 10.8. The Hall–Kier alpha value is -1.13. The van der Waals surface area contributed by atoms with Crippen LogP contribution < -0.4 is 5.73 Å². The van der Waals surface area contributed by atoms with E-state index >= 15 is 0 Å². The molecule has 2 aromatic rings. The molecule has 2 N–H and O–H groups in total. The van der Waals surface area contributed by atoms with Crippen molar-refractivity contribution in [3.05, 3.63) is 58.1 Å². The Morgan fingerprint density at radius 1 is 1.24 bits per heavy atom. The number of halogens is 2. The van der Waals surface area contributed by atoms with Crippen LogP contribution in [0.4, 0.5) is 4.39 Å². The SMILES string of the molecule is NCCc1ccn(Cc2cc(F)cc(Br)c2)c1. The molecular formula is C13H14BrFN2. The minimum absolute atomic E-state index is 0.219. The molecule has 0 saturated heterocycles. The summed E-state index contributed by atoms with van der Waals surface area (Å²) in [6.07, 6.45) is 4.91. The van der Waals surface area contributed by atoms with E-state index in [4.69, 9.17) is 5.73 Å². The maximum atomic E-state index is 13.2. The molecule has 1 aromatic heterocycles.